The fourth-order valence-corrected chi connectivity index (χ4v) is 1.12. The third-order valence-corrected chi connectivity index (χ3v) is 2.02. The van der Waals surface area contributed by atoms with Gasteiger partial charge in [-0.1, -0.05) is 13.3 Å². The maximum atomic E-state index is 10.4. The zero-order chi connectivity index (χ0) is 11.1. The Bertz CT molecular complexity index is 276. The Balaban J connectivity index is 4.60. The molecule has 0 aromatic heterocycles. The van der Waals surface area contributed by atoms with Crippen LogP contribution in [0.5, 0.6) is 0 Å². The molecule has 0 bridgehead atoms. The summed E-state index contributed by atoms with van der Waals surface area (Å²) in [6.45, 7) is 3.69. The summed E-state index contributed by atoms with van der Waals surface area (Å²) in [5.41, 5.74) is 1.41. The minimum Gasteiger partial charge on any atom is -0.480 e. The Labute approximate surface area is 84.4 Å². The number of hydrogen-bond donors (Lipinski definition) is 1. The van der Waals surface area contributed by atoms with Crippen LogP contribution in [0.4, 0.5) is 0 Å². The fourth-order valence-electron chi connectivity index (χ4n) is 1.12. The van der Waals surface area contributed by atoms with Crippen molar-refractivity contribution < 1.29 is 9.90 Å². The second-order valence-corrected chi connectivity index (χ2v) is 3.18. The zero-order valence-electron chi connectivity index (χ0n) is 8.87. The van der Waals surface area contributed by atoms with Gasteiger partial charge in [0.15, 0.2) is 0 Å². The molecule has 0 aromatic rings. The van der Waals surface area contributed by atoms with Crippen LogP contribution in [0, 0.1) is 11.3 Å². The van der Waals surface area contributed by atoms with E-state index in [1.807, 2.05) is 6.92 Å². The molecule has 0 aliphatic rings. The van der Waals surface area contributed by atoms with Gasteiger partial charge in [0.25, 0.3) is 0 Å². The van der Waals surface area contributed by atoms with E-state index in [0.717, 1.165) is 12.1 Å². The van der Waals surface area contributed by atoms with Crippen LogP contribution in [0.3, 0.4) is 0 Å². The van der Waals surface area contributed by atoms with E-state index < -0.39 is 5.97 Å². The van der Waals surface area contributed by atoms with Crippen LogP contribution in [0.15, 0.2) is 11.3 Å². The van der Waals surface area contributed by atoms with Gasteiger partial charge in [-0.2, -0.15) is 5.26 Å². The normalized spacial score (nSPS) is 11.6. The lowest BCUT2D eigenvalue weighted by Crippen LogP contribution is -2.24. The smallest absolute Gasteiger partial charge is 0.323 e. The van der Waals surface area contributed by atoms with Crippen LogP contribution in [0.1, 0.15) is 26.7 Å². The molecular weight excluding hydrogens is 180 g/mol. The average molecular weight is 196 g/mol. The first-order valence-electron chi connectivity index (χ1n) is 4.55. The summed E-state index contributed by atoms with van der Waals surface area (Å²) in [6.07, 6.45) is 1.59. The van der Waals surface area contributed by atoms with Crippen molar-refractivity contribution in [2.75, 3.05) is 13.6 Å². The predicted molar refractivity (Wildman–Crippen MR) is 53.5 cm³/mol. The highest BCUT2D eigenvalue weighted by Crippen LogP contribution is 2.12. The Hall–Kier alpha value is -1.50. The SMILES string of the molecule is CCCC(C#N)=C(C)N(C)CC(=O)O. The van der Waals surface area contributed by atoms with E-state index >= 15 is 0 Å². The van der Waals surface area contributed by atoms with Gasteiger partial charge in [-0.3, -0.25) is 4.79 Å². The molecule has 4 nitrogen and oxygen atoms in total. The van der Waals surface area contributed by atoms with Crippen LogP contribution in [0.25, 0.3) is 0 Å². The van der Waals surface area contributed by atoms with Crippen molar-refractivity contribution >= 4 is 5.97 Å². The molecule has 0 atom stereocenters. The molecule has 0 aromatic carbocycles. The highest BCUT2D eigenvalue weighted by atomic mass is 16.4. The number of allylic oxidation sites excluding steroid dienone is 2. The summed E-state index contributed by atoms with van der Waals surface area (Å²) in [6, 6.07) is 2.10. The van der Waals surface area contributed by atoms with Crippen molar-refractivity contribution in [3.63, 3.8) is 0 Å². The molecule has 78 valence electrons. The quantitative estimate of drug-likeness (QED) is 0.678. The minimum atomic E-state index is -0.888. The molecule has 0 heterocycles. The number of carbonyl (C=O) groups is 1. The highest BCUT2D eigenvalue weighted by Gasteiger charge is 2.08. The number of likely N-dealkylation sites (N-methyl/N-ethyl adjacent to an activating group) is 1. The van der Waals surface area contributed by atoms with Gasteiger partial charge in [-0.25, -0.2) is 0 Å². The van der Waals surface area contributed by atoms with Crippen LogP contribution in [-0.4, -0.2) is 29.6 Å². The first-order chi connectivity index (χ1) is 6.52. The molecule has 0 aliphatic carbocycles. The van der Waals surface area contributed by atoms with Crippen molar-refractivity contribution in [3.8, 4) is 6.07 Å². The third kappa shape index (κ3) is 3.94. The molecule has 0 radical (unpaired) electrons. The number of aliphatic carboxylic acids is 1. The lowest BCUT2D eigenvalue weighted by molar-refractivity contribution is -0.137. The van der Waals surface area contributed by atoms with Gasteiger partial charge in [-0.15, -0.1) is 0 Å². The van der Waals surface area contributed by atoms with Gasteiger partial charge >= 0.3 is 5.97 Å². The van der Waals surface area contributed by atoms with E-state index in [-0.39, 0.29) is 6.54 Å². The van der Waals surface area contributed by atoms with E-state index in [2.05, 4.69) is 6.07 Å². The number of carboxylic acid groups (broad SMARTS) is 1. The number of carboxylic acids is 1. The number of nitriles is 1. The lowest BCUT2D eigenvalue weighted by Gasteiger charge is -2.18. The Morgan fingerprint density at radius 3 is 2.50 bits per heavy atom. The first-order valence-corrected chi connectivity index (χ1v) is 4.55. The van der Waals surface area contributed by atoms with Crippen molar-refractivity contribution in [2.24, 2.45) is 0 Å². The Kier molecular flexibility index (Phi) is 5.38. The molecule has 4 heteroatoms. The molecule has 0 saturated carbocycles. The summed E-state index contributed by atoms with van der Waals surface area (Å²) in [4.78, 5) is 12.0. The maximum absolute atomic E-state index is 10.4. The second kappa shape index (κ2) is 6.03. The van der Waals surface area contributed by atoms with E-state index in [4.69, 9.17) is 10.4 Å². The number of hydrogen-bond acceptors (Lipinski definition) is 3. The molecule has 0 unspecified atom stereocenters. The lowest BCUT2D eigenvalue weighted by atomic mass is 10.1. The second-order valence-electron chi connectivity index (χ2n) is 3.18. The Morgan fingerprint density at radius 1 is 1.57 bits per heavy atom. The maximum Gasteiger partial charge on any atom is 0.323 e. The van der Waals surface area contributed by atoms with Crippen LogP contribution < -0.4 is 0 Å². The third-order valence-electron chi connectivity index (χ3n) is 2.02. The summed E-state index contributed by atoms with van der Waals surface area (Å²) < 4.78 is 0. The van der Waals surface area contributed by atoms with Gasteiger partial charge in [0.1, 0.15) is 6.54 Å². The van der Waals surface area contributed by atoms with Crippen LogP contribution in [-0.2, 0) is 4.79 Å². The molecule has 1 N–H and O–H groups in total. The molecular formula is C10H16N2O2. The van der Waals surface area contributed by atoms with E-state index in [1.165, 1.54) is 0 Å². The minimum absolute atomic E-state index is 0.0687. The van der Waals surface area contributed by atoms with Gasteiger partial charge in [0.05, 0.1) is 6.07 Å². The number of rotatable bonds is 5. The molecule has 0 fully saturated rings. The average Bonchev–Trinajstić information content (AvgIpc) is 2.12. The van der Waals surface area contributed by atoms with Gasteiger partial charge in [0, 0.05) is 18.3 Å². The predicted octanol–water partition coefficient (Wildman–Crippen LogP) is 1.60. The molecule has 0 rings (SSSR count). The fraction of sp³-hybridized carbons (Fsp3) is 0.600. The molecule has 0 aliphatic heterocycles. The summed E-state index contributed by atoms with van der Waals surface area (Å²) in [5.74, 6) is -0.888. The molecule has 0 amide bonds. The van der Waals surface area contributed by atoms with Crippen LogP contribution >= 0.6 is 0 Å². The van der Waals surface area contributed by atoms with Gasteiger partial charge in [-0.05, 0) is 13.3 Å². The monoisotopic (exact) mass is 196 g/mol. The van der Waals surface area contributed by atoms with Crippen molar-refractivity contribution in [1.82, 2.24) is 4.90 Å². The van der Waals surface area contributed by atoms with Crippen molar-refractivity contribution in [3.05, 3.63) is 11.3 Å². The Morgan fingerprint density at radius 2 is 2.14 bits per heavy atom. The van der Waals surface area contributed by atoms with Crippen molar-refractivity contribution in [2.45, 2.75) is 26.7 Å². The summed E-state index contributed by atoms with van der Waals surface area (Å²) in [7, 11) is 1.68. The van der Waals surface area contributed by atoms with Crippen LogP contribution in [0.2, 0.25) is 0 Å². The van der Waals surface area contributed by atoms with Gasteiger partial charge in [0.2, 0.25) is 0 Å². The molecule has 14 heavy (non-hydrogen) atoms. The summed E-state index contributed by atoms with van der Waals surface area (Å²) >= 11 is 0. The zero-order valence-corrected chi connectivity index (χ0v) is 8.87. The summed E-state index contributed by atoms with van der Waals surface area (Å²) in [5, 5.41) is 17.4. The van der Waals surface area contributed by atoms with Gasteiger partial charge < -0.3 is 10.0 Å². The highest BCUT2D eigenvalue weighted by molar-refractivity contribution is 5.69. The van der Waals surface area contributed by atoms with E-state index in [9.17, 15) is 4.79 Å². The topological polar surface area (TPSA) is 64.3 Å². The van der Waals surface area contributed by atoms with E-state index in [1.54, 1.807) is 18.9 Å². The first kappa shape index (κ1) is 12.5. The molecule has 0 spiro atoms. The molecule has 0 saturated heterocycles. The van der Waals surface area contributed by atoms with Crippen molar-refractivity contribution in [1.29, 1.82) is 5.26 Å². The standard InChI is InChI=1S/C10H16N2O2/c1-4-5-9(6-11)8(2)12(3)7-10(13)14/h4-5,7H2,1-3H3,(H,13,14). The van der Waals surface area contributed by atoms with E-state index in [0.29, 0.717) is 12.0 Å². The number of nitrogens with zero attached hydrogens (tertiary/aromatic N) is 2. The largest absolute Gasteiger partial charge is 0.480 e.